The van der Waals surface area contributed by atoms with Gasteiger partial charge in [-0.05, 0) is 36.1 Å². The van der Waals surface area contributed by atoms with Gasteiger partial charge >= 0.3 is 0 Å². The number of carbonyl (C=O) groups excluding carboxylic acids is 1. The summed E-state index contributed by atoms with van der Waals surface area (Å²) in [4.78, 5) is 16.1. The highest BCUT2D eigenvalue weighted by atomic mass is 16.5. The molecule has 152 valence electrons. The van der Waals surface area contributed by atoms with Gasteiger partial charge < -0.3 is 14.6 Å². The Kier molecular flexibility index (Phi) is 6.09. The van der Waals surface area contributed by atoms with Crippen LogP contribution in [0.1, 0.15) is 12.2 Å². The first-order valence-corrected chi connectivity index (χ1v) is 10.2. The van der Waals surface area contributed by atoms with Crippen LogP contribution in [-0.4, -0.2) is 28.6 Å². The van der Waals surface area contributed by atoms with Crippen LogP contribution in [0.15, 0.2) is 79.4 Å². The number of ether oxygens (including phenoxy) is 1. The molecule has 4 rings (SSSR count). The van der Waals surface area contributed by atoms with Gasteiger partial charge in [0.2, 0.25) is 5.91 Å². The molecule has 0 bridgehead atoms. The van der Waals surface area contributed by atoms with Gasteiger partial charge in [0.05, 0.1) is 17.6 Å². The summed E-state index contributed by atoms with van der Waals surface area (Å²) in [5, 5.41) is 5.11. The van der Waals surface area contributed by atoms with Gasteiger partial charge in [-0.15, -0.1) is 0 Å². The van der Waals surface area contributed by atoms with E-state index in [4.69, 9.17) is 9.72 Å². The Hall–Kier alpha value is -3.60. The second kappa shape index (κ2) is 9.27. The predicted molar refractivity (Wildman–Crippen MR) is 121 cm³/mol. The van der Waals surface area contributed by atoms with E-state index in [1.807, 2.05) is 42.5 Å². The Morgan fingerprint density at radius 2 is 1.87 bits per heavy atom. The molecule has 0 saturated heterocycles. The Morgan fingerprint density at radius 1 is 1.07 bits per heavy atom. The lowest BCUT2D eigenvalue weighted by Gasteiger charge is -2.12. The number of carbonyl (C=O) groups is 1. The van der Waals surface area contributed by atoms with Crippen molar-refractivity contribution in [2.24, 2.45) is 0 Å². The van der Waals surface area contributed by atoms with Crippen LogP contribution in [0.25, 0.3) is 21.8 Å². The molecule has 0 fully saturated rings. The van der Waals surface area contributed by atoms with Crippen molar-refractivity contribution in [3.05, 3.63) is 85.2 Å². The lowest BCUT2D eigenvalue weighted by molar-refractivity contribution is -0.116. The van der Waals surface area contributed by atoms with Crippen molar-refractivity contribution < 1.29 is 9.53 Å². The molecule has 0 aliphatic carbocycles. The summed E-state index contributed by atoms with van der Waals surface area (Å²) in [6.45, 7) is 5.33. The first-order valence-electron chi connectivity index (χ1n) is 10.2. The van der Waals surface area contributed by atoms with Gasteiger partial charge in [-0.25, -0.2) is 4.98 Å². The van der Waals surface area contributed by atoms with Crippen molar-refractivity contribution in [1.82, 2.24) is 14.9 Å². The number of imidazole rings is 1. The average molecular weight is 399 g/mol. The van der Waals surface area contributed by atoms with E-state index in [9.17, 15) is 4.79 Å². The number of aryl methyl sites for hydroxylation is 1. The van der Waals surface area contributed by atoms with Gasteiger partial charge in [0, 0.05) is 18.4 Å². The van der Waals surface area contributed by atoms with E-state index in [2.05, 4.69) is 40.7 Å². The molecule has 0 spiro atoms. The lowest BCUT2D eigenvalue weighted by atomic mass is 10.1. The monoisotopic (exact) mass is 399 g/mol. The average Bonchev–Trinajstić information content (AvgIpc) is 3.14. The van der Waals surface area contributed by atoms with Crippen LogP contribution < -0.4 is 10.1 Å². The predicted octanol–water partition coefficient (Wildman–Crippen LogP) is 4.50. The molecule has 1 amide bonds. The maximum absolute atomic E-state index is 11.3. The van der Waals surface area contributed by atoms with Gasteiger partial charge in [0.25, 0.3) is 0 Å². The van der Waals surface area contributed by atoms with Crippen LogP contribution in [0.4, 0.5) is 0 Å². The van der Waals surface area contributed by atoms with Crippen molar-refractivity contribution in [2.45, 2.75) is 19.4 Å². The Bertz CT molecular complexity index is 1170. The van der Waals surface area contributed by atoms with Crippen LogP contribution in [-0.2, 0) is 17.8 Å². The van der Waals surface area contributed by atoms with Crippen molar-refractivity contribution in [2.75, 3.05) is 13.2 Å². The zero-order chi connectivity index (χ0) is 20.8. The third-order valence-corrected chi connectivity index (χ3v) is 5.12. The van der Waals surface area contributed by atoms with Crippen LogP contribution in [0, 0.1) is 0 Å². The molecule has 5 nitrogen and oxygen atoms in total. The SMILES string of the molecule is C=CC(=O)NCCCc1nc2ccccc2n1CCOc1cccc2ccccc12. The highest BCUT2D eigenvalue weighted by Gasteiger charge is 2.11. The van der Waals surface area contributed by atoms with E-state index < -0.39 is 0 Å². The van der Waals surface area contributed by atoms with Crippen LogP contribution in [0.2, 0.25) is 0 Å². The number of nitrogens with zero attached hydrogens (tertiary/aromatic N) is 2. The molecule has 0 aliphatic heterocycles. The highest BCUT2D eigenvalue weighted by molar-refractivity contribution is 5.88. The van der Waals surface area contributed by atoms with E-state index in [0.29, 0.717) is 19.7 Å². The third-order valence-electron chi connectivity index (χ3n) is 5.12. The molecule has 3 aromatic carbocycles. The van der Waals surface area contributed by atoms with Crippen LogP contribution >= 0.6 is 0 Å². The summed E-state index contributed by atoms with van der Waals surface area (Å²) in [5.41, 5.74) is 2.08. The minimum Gasteiger partial charge on any atom is -0.491 e. The van der Waals surface area contributed by atoms with Gasteiger partial charge in [0.1, 0.15) is 18.2 Å². The minimum absolute atomic E-state index is 0.146. The molecule has 5 heteroatoms. The minimum atomic E-state index is -0.146. The van der Waals surface area contributed by atoms with Gasteiger partial charge in [-0.2, -0.15) is 0 Å². The maximum atomic E-state index is 11.3. The number of hydrogen-bond donors (Lipinski definition) is 1. The number of rotatable bonds is 9. The summed E-state index contributed by atoms with van der Waals surface area (Å²) in [7, 11) is 0. The molecular weight excluding hydrogens is 374 g/mol. The number of benzene rings is 3. The maximum Gasteiger partial charge on any atom is 0.243 e. The van der Waals surface area contributed by atoms with Crippen LogP contribution in [0.5, 0.6) is 5.75 Å². The third kappa shape index (κ3) is 4.35. The fourth-order valence-corrected chi connectivity index (χ4v) is 3.66. The highest BCUT2D eigenvalue weighted by Crippen LogP contribution is 2.25. The van der Waals surface area contributed by atoms with Gasteiger partial charge in [-0.3, -0.25) is 4.79 Å². The molecule has 30 heavy (non-hydrogen) atoms. The summed E-state index contributed by atoms with van der Waals surface area (Å²) in [6, 6.07) is 22.5. The second-order valence-electron chi connectivity index (χ2n) is 7.09. The van der Waals surface area contributed by atoms with Gasteiger partial charge in [0.15, 0.2) is 0 Å². The van der Waals surface area contributed by atoms with Crippen LogP contribution in [0.3, 0.4) is 0 Å². The molecule has 0 aliphatic rings. The molecule has 1 heterocycles. The zero-order valence-corrected chi connectivity index (χ0v) is 16.9. The number of hydrogen-bond acceptors (Lipinski definition) is 3. The number of nitrogens with one attached hydrogen (secondary N) is 1. The molecule has 0 atom stereocenters. The zero-order valence-electron chi connectivity index (χ0n) is 16.9. The second-order valence-corrected chi connectivity index (χ2v) is 7.09. The number of para-hydroxylation sites is 2. The topological polar surface area (TPSA) is 56.2 Å². The smallest absolute Gasteiger partial charge is 0.243 e. The number of amides is 1. The summed E-state index contributed by atoms with van der Waals surface area (Å²) in [5.74, 6) is 1.75. The Morgan fingerprint density at radius 3 is 2.77 bits per heavy atom. The Balaban J connectivity index is 1.47. The van der Waals surface area contributed by atoms with E-state index in [-0.39, 0.29) is 5.91 Å². The molecule has 1 aromatic heterocycles. The largest absolute Gasteiger partial charge is 0.491 e. The number of aromatic nitrogens is 2. The fourth-order valence-electron chi connectivity index (χ4n) is 3.66. The van der Waals surface area contributed by atoms with E-state index in [0.717, 1.165) is 40.8 Å². The quantitative estimate of drug-likeness (QED) is 0.333. The molecule has 4 aromatic rings. The summed E-state index contributed by atoms with van der Waals surface area (Å²) in [6.07, 6.45) is 2.88. The van der Waals surface area contributed by atoms with E-state index in [1.54, 1.807) is 0 Å². The standard InChI is InChI=1S/C25H25N3O2/c1-2-25(29)26-16-8-15-24-27-21-12-5-6-13-22(21)28(24)17-18-30-23-14-7-10-19-9-3-4-11-20(19)23/h2-7,9-14H,1,8,15-18H2,(H,26,29). The molecule has 0 saturated carbocycles. The summed E-state index contributed by atoms with van der Waals surface area (Å²) < 4.78 is 8.37. The Labute approximate surface area is 176 Å². The normalized spacial score (nSPS) is 10.9. The molecular formula is C25H25N3O2. The molecule has 1 N–H and O–H groups in total. The van der Waals surface area contributed by atoms with Crippen molar-refractivity contribution in [3.8, 4) is 5.75 Å². The first kappa shape index (κ1) is 19.7. The molecule has 0 radical (unpaired) electrons. The van der Waals surface area contributed by atoms with Crippen molar-refractivity contribution in [3.63, 3.8) is 0 Å². The van der Waals surface area contributed by atoms with Crippen molar-refractivity contribution in [1.29, 1.82) is 0 Å². The number of fused-ring (bicyclic) bond motifs is 2. The van der Waals surface area contributed by atoms with E-state index in [1.165, 1.54) is 11.5 Å². The molecule has 0 unspecified atom stereocenters. The lowest BCUT2D eigenvalue weighted by Crippen LogP contribution is -2.22. The fraction of sp³-hybridized carbons (Fsp3) is 0.200. The first-order chi connectivity index (χ1) is 14.8. The van der Waals surface area contributed by atoms with E-state index >= 15 is 0 Å². The summed E-state index contributed by atoms with van der Waals surface area (Å²) >= 11 is 0. The van der Waals surface area contributed by atoms with Gasteiger partial charge in [-0.1, -0.05) is 55.1 Å². The van der Waals surface area contributed by atoms with Crippen molar-refractivity contribution >= 4 is 27.7 Å².